The van der Waals surface area contributed by atoms with Crippen LogP contribution in [0.15, 0.2) is 29.3 Å². The summed E-state index contributed by atoms with van der Waals surface area (Å²) in [6.45, 7) is 3.53. The Morgan fingerprint density at radius 3 is 2.47 bits per heavy atom. The van der Waals surface area contributed by atoms with E-state index in [-0.39, 0.29) is 12.0 Å². The summed E-state index contributed by atoms with van der Waals surface area (Å²) in [5, 5.41) is 2.32. The minimum absolute atomic E-state index is 0.102. The molecule has 0 bridgehead atoms. The van der Waals surface area contributed by atoms with Crippen molar-refractivity contribution in [3.63, 3.8) is 0 Å². The summed E-state index contributed by atoms with van der Waals surface area (Å²) in [6, 6.07) is 1.69. The van der Waals surface area contributed by atoms with Crippen molar-refractivity contribution in [2.24, 2.45) is 5.73 Å². The van der Waals surface area contributed by atoms with Gasteiger partial charge in [0.05, 0.1) is 0 Å². The molecule has 19 heavy (non-hydrogen) atoms. The van der Waals surface area contributed by atoms with Crippen molar-refractivity contribution in [2.75, 3.05) is 0 Å². The minimum atomic E-state index is -1.15. The lowest BCUT2D eigenvalue weighted by molar-refractivity contribution is -0.119. The SMILES string of the molecule is C=C(Br)C[C@@H](NC(=O)c1ccc(F)c(F)c1)C(N)=O. The summed E-state index contributed by atoms with van der Waals surface area (Å²) >= 11 is 3.05. The smallest absolute Gasteiger partial charge is 0.252 e. The number of primary amides is 1. The molecule has 0 aliphatic carbocycles. The van der Waals surface area contributed by atoms with Gasteiger partial charge in [-0.1, -0.05) is 22.5 Å². The molecule has 1 atom stereocenters. The monoisotopic (exact) mass is 332 g/mol. The maximum absolute atomic E-state index is 13.0. The molecule has 3 N–H and O–H groups in total. The molecule has 2 amide bonds. The van der Waals surface area contributed by atoms with E-state index in [4.69, 9.17) is 5.73 Å². The average molecular weight is 333 g/mol. The lowest BCUT2D eigenvalue weighted by Crippen LogP contribution is -2.44. The molecule has 0 spiro atoms. The first-order valence-corrected chi connectivity index (χ1v) is 5.99. The number of nitrogens with one attached hydrogen (secondary N) is 1. The van der Waals surface area contributed by atoms with Gasteiger partial charge in [-0.2, -0.15) is 0 Å². The molecule has 4 nitrogen and oxygen atoms in total. The summed E-state index contributed by atoms with van der Waals surface area (Å²) in [6.07, 6.45) is 0.102. The molecule has 1 aromatic carbocycles. The standard InChI is InChI=1S/C12H11BrF2N2O2/c1-6(13)4-10(11(16)18)17-12(19)7-2-3-8(14)9(15)5-7/h2-3,5,10H,1,4H2,(H2,16,18)(H,17,19)/t10-/m1/s1. The number of amides is 2. The van der Waals surface area contributed by atoms with Gasteiger partial charge in [0, 0.05) is 12.0 Å². The van der Waals surface area contributed by atoms with Gasteiger partial charge in [0.2, 0.25) is 5.91 Å². The lowest BCUT2D eigenvalue weighted by Gasteiger charge is -2.14. The second-order valence-corrected chi connectivity index (χ2v) is 4.90. The van der Waals surface area contributed by atoms with Gasteiger partial charge in [-0.3, -0.25) is 9.59 Å². The molecule has 0 aromatic heterocycles. The molecular weight excluding hydrogens is 322 g/mol. The Labute approximate surface area is 116 Å². The van der Waals surface area contributed by atoms with Crippen LogP contribution in [0.5, 0.6) is 0 Å². The third kappa shape index (κ3) is 4.44. The summed E-state index contributed by atoms with van der Waals surface area (Å²) in [7, 11) is 0. The number of carbonyl (C=O) groups is 2. The van der Waals surface area contributed by atoms with E-state index in [1.165, 1.54) is 0 Å². The maximum atomic E-state index is 13.0. The van der Waals surface area contributed by atoms with Gasteiger partial charge >= 0.3 is 0 Å². The predicted octanol–water partition coefficient (Wildman–Crippen LogP) is 1.85. The Morgan fingerprint density at radius 2 is 2.00 bits per heavy atom. The van der Waals surface area contributed by atoms with Crippen LogP contribution in [-0.4, -0.2) is 17.9 Å². The van der Waals surface area contributed by atoms with Crippen LogP contribution in [0.25, 0.3) is 0 Å². The van der Waals surface area contributed by atoms with Gasteiger partial charge in [-0.25, -0.2) is 8.78 Å². The number of rotatable bonds is 5. The highest BCUT2D eigenvalue weighted by molar-refractivity contribution is 9.11. The first kappa shape index (κ1) is 15.3. The van der Waals surface area contributed by atoms with Crippen molar-refractivity contribution >= 4 is 27.7 Å². The highest BCUT2D eigenvalue weighted by Gasteiger charge is 2.20. The molecule has 0 fully saturated rings. The first-order valence-electron chi connectivity index (χ1n) is 5.19. The fourth-order valence-electron chi connectivity index (χ4n) is 1.32. The molecule has 0 unspecified atom stereocenters. The van der Waals surface area contributed by atoms with Gasteiger partial charge in [0.25, 0.3) is 5.91 Å². The van der Waals surface area contributed by atoms with Gasteiger partial charge in [-0.05, 0) is 22.7 Å². The van der Waals surface area contributed by atoms with Crippen LogP contribution in [0.4, 0.5) is 8.78 Å². The molecule has 0 radical (unpaired) electrons. The topological polar surface area (TPSA) is 72.2 Å². The normalized spacial score (nSPS) is 11.7. The second kappa shape index (κ2) is 6.42. The zero-order valence-electron chi connectivity index (χ0n) is 9.75. The fraction of sp³-hybridized carbons (Fsp3) is 0.167. The van der Waals surface area contributed by atoms with Crippen molar-refractivity contribution < 1.29 is 18.4 Å². The van der Waals surface area contributed by atoms with E-state index in [0.29, 0.717) is 4.48 Å². The van der Waals surface area contributed by atoms with Crippen LogP contribution < -0.4 is 11.1 Å². The zero-order chi connectivity index (χ0) is 14.6. The lowest BCUT2D eigenvalue weighted by atomic mass is 10.1. The van der Waals surface area contributed by atoms with Gasteiger partial charge in [-0.15, -0.1) is 0 Å². The van der Waals surface area contributed by atoms with E-state index >= 15 is 0 Å². The fourth-order valence-corrected chi connectivity index (χ4v) is 1.65. The Kier molecular flexibility index (Phi) is 5.17. The second-order valence-electron chi connectivity index (χ2n) is 3.78. The zero-order valence-corrected chi connectivity index (χ0v) is 11.3. The van der Waals surface area contributed by atoms with Gasteiger partial charge < -0.3 is 11.1 Å². The first-order chi connectivity index (χ1) is 8.81. The molecule has 0 aliphatic rings. The van der Waals surface area contributed by atoms with Crippen molar-refractivity contribution in [1.29, 1.82) is 0 Å². The van der Waals surface area contributed by atoms with E-state index in [0.717, 1.165) is 18.2 Å². The van der Waals surface area contributed by atoms with Crippen molar-refractivity contribution in [3.8, 4) is 0 Å². The third-order valence-corrected chi connectivity index (χ3v) is 2.58. The van der Waals surface area contributed by atoms with E-state index < -0.39 is 29.5 Å². The number of carbonyl (C=O) groups excluding carboxylic acids is 2. The summed E-state index contributed by atoms with van der Waals surface area (Å²) in [5.41, 5.74) is 5.01. The van der Waals surface area contributed by atoms with Crippen LogP contribution in [0.2, 0.25) is 0 Å². The Bertz CT molecular complexity index is 534. The van der Waals surface area contributed by atoms with Gasteiger partial charge in [0.1, 0.15) is 6.04 Å². The van der Waals surface area contributed by atoms with Crippen molar-refractivity contribution in [1.82, 2.24) is 5.32 Å². The molecule has 7 heteroatoms. The number of benzene rings is 1. The number of hydrogen-bond acceptors (Lipinski definition) is 2. The summed E-state index contributed by atoms with van der Waals surface area (Å²) in [5.74, 6) is -3.68. The highest BCUT2D eigenvalue weighted by Crippen LogP contribution is 2.12. The molecule has 0 saturated carbocycles. The Morgan fingerprint density at radius 1 is 1.37 bits per heavy atom. The van der Waals surface area contributed by atoms with Crippen molar-refractivity contribution in [3.05, 3.63) is 46.5 Å². The Balaban J connectivity index is 2.84. The largest absolute Gasteiger partial charge is 0.368 e. The molecule has 1 aromatic rings. The van der Waals surface area contributed by atoms with Crippen LogP contribution in [0.3, 0.4) is 0 Å². The molecule has 0 heterocycles. The van der Waals surface area contributed by atoms with Gasteiger partial charge in [0.15, 0.2) is 11.6 Å². The van der Waals surface area contributed by atoms with Crippen LogP contribution in [0, 0.1) is 11.6 Å². The number of halogens is 3. The summed E-state index contributed by atoms with van der Waals surface area (Å²) in [4.78, 5) is 22.9. The average Bonchev–Trinajstić information content (AvgIpc) is 2.31. The third-order valence-electron chi connectivity index (χ3n) is 2.26. The van der Waals surface area contributed by atoms with E-state index in [1.54, 1.807) is 0 Å². The molecular formula is C12H11BrF2N2O2. The quantitative estimate of drug-likeness (QED) is 0.863. The minimum Gasteiger partial charge on any atom is -0.368 e. The maximum Gasteiger partial charge on any atom is 0.252 e. The molecule has 1 rings (SSSR count). The summed E-state index contributed by atoms with van der Waals surface area (Å²) < 4.78 is 26.2. The van der Waals surface area contributed by atoms with Crippen molar-refractivity contribution in [2.45, 2.75) is 12.5 Å². The molecule has 0 aliphatic heterocycles. The number of nitrogens with two attached hydrogens (primary N) is 1. The highest BCUT2D eigenvalue weighted by atomic mass is 79.9. The molecule has 102 valence electrons. The van der Waals surface area contributed by atoms with E-state index in [2.05, 4.69) is 27.8 Å². The van der Waals surface area contributed by atoms with E-state index in [1.807, 2.05) is 0 Å². The Hall–Kier alpha value is -1.76. The number of hydrogen-bond donors (Lipinski definition) is 2. The van der Waals surface area contributed by atoms with E-state index in [9.17, 15) is 18.4 Å². The van der Waals surface area contributed by atoms with Crippen LogP contribution >= 0.6 is 15.9 Å². The van der Waals surface area contributed by atoms with Crippen LogP contribution in [0.1, 0.15) is 16.8 Å². The molecule has 0 saturated heterocycles. The predicted molar refractivity (Wildman–Crippen MR) is 69.5 cm³/mol. The van der Waals surface area contributed by atoms with Crippen LogP contribution in [-0.2, 0) is 4.79 Å².